The summed E-state index contributed by atoms with van der Waals surface area (Å²) < 4.78 is 0. The van der Waals surface area contributed by atoms with Crippen LogP contribution < -0.4 is 11.5 Å². The van der Waals surface area contributed by atoms with Crippen LogP contribution in [0.2, 0.25) is 5.02 Å². The van der Waals surface area contributed by atoms with Gasteiger partial charge in [0.25, 0.3) is 0 Å². The Balaban J connectivity index is 3.13. The molecule has 1 atom stereocenters. The van der Waals surface area contributed by atoms with Crippen molar-refractivity contribution < 1.29 is 0 Å². The first-order valence-electron chi connectivity index (χ1n) is 4.28. The first kappa shape index (κ1) is 10.5. The number of aryl methyl sites for hydroxylation is 2. The zero-order valence-corrected chi connectivity index (χ0v) is 8.73. The van der Waals surface area contributed by atoms with Crippen molar-refractivity contribution in [1.82, 2.24) is 0 Å². The van der Waals surface area contributed by atoms with Crippen molar-refractivity contribution in [3.63, 3.8) is 0 Å². The van der Waals surface area contributed by atoms with E-state index in [1.807, 2.05) is 26.0 Å². The van der Waals surface area contributed by atoms with E-state index in [-0.39, 0.29) is 6.04 Å². The maximum Gasteiger partial charge on any atom is 0.0464 e. The molecule has 72 valence electrons. The Kier molecular flexibility index (Phi) is 3.31. The van der Waals surface area contributed by atoms with Crippen LogP contribution >= 0.6 is 11.6 Å². The van der Waals surface area contributed by atoms with Crippen LogP contribution in [0.25, 0.3) is 0 Å². The summed E-state index contributed by atoms with van der Waals surface area (Å²) in [5.41, 5.74) is 14.5. The lowest BCUT2D eigenvalue weighted by Gasteiger charge is -2.12. The minimum Gasteiger partial charge on any atom is -0.329 e. The van der Waals surface area contributed by atoms with Crippen molar-refractivity contribution in [1.29, 1.82) is 0 Å². The Bertz CT molecular complexity index is 287. The zero-order chi connectivity index (χ0) is 10.0. The molecule has 0 spiro atoms. The van der Waals surface area contributed by atoms with Gasteiger partial charge in [-0.2, -0.15) is 0 Å². The standard InChI is InChI=1S/C10H15ClN2/c1-6-3-8(9(13)5-12)4-7(2)10(6)11/h3-4,9H,5,12-13H2,1-2H3. The van der Waals surface area contributed by atoms with E-state index in [2.05, 4.69) is 0 Å². The number of hydrogen-bond donors (Lipinski definition) is 2. The quantitative estimate of drug-likeness (QED) is 0.763. The fourth-order valence-electron chi connectivity index (χ4n) is 1.33. The predicted octanol–water partition coefficient (Wildman–Crippen LogP) is 1.92. The van der Waals surface area contributed by atoms with Gasteiger partial charge >= 0.3 is 0 Å². The summed E-state index contributed by atoms with van der Waals surface area (Å²) in [6.07, 6.45) is 0. The van der Waals surface area contributed by atoms with Crippen molar-refractivity contribution >= 4 is 11.6 Å². The zero-order valence-electron chi connectivity index (χ0n) is 7.97. The molecule has 0 bridgehead atoms. The summed E-state index contributed by atoms with van der Waals surface area (Å²) in [4.78, 5) is 0. The van der Waals surface area contributed by atoms with Crippen LogP contribution in [-0.4, -0.2) is 6.54 Å². The normalized spacial score (nSPS) is 13.0. The largest absolute Gasteiger partial charge is 0.329 e. The van der Waals surface area contributed by atoms with E-state index in [1.165, 1.54) is 0 Å². The minimum absolute atomic E-state index is 0.0883. The van der Waals surface area contributed by atoms with Crippen molar-refractivity contribution in [2.45, 2.75) is 19.9 Å². The van der Waals surface area contributed by atoms with Gasteiger partial charge in [-0.1, -0.05) is 23.7 Å². The molecule has 0 aliphatic rings. The van der Waals surface area contributed by atoms with Gasteiger partial charge in [0.1, 0.15) is 0 Å². The van der Waals surface area contributed by atoms with E-state index < -0.39 is 0 Å². The van der Waals surface area contributed by atoms with Gasteiger partial charge in [-0.05, 0) is 30.5 Å². The summed E-state index contributed by atoms with van der Waals surface area (Å²) in [5.74, 6) is 0. The molecule has 1 rings (SSSR count). The maximum atomic E-state index is 6.03. The summed E-state index contributed by atoms with van der Waals surface area (Å²) in [6, 6.07) is 3.90. The average molecular weight is 199 g/mol. The second-order valence-electron chi connectivity index (χ2n) is 3.31. The van der Waals surface area contributed by atoms with Crippen LogP contribution in [0.3, 0.4) is 0 Å². The van der Waals surface area contributed by atoms with E-state index >= 15 is 0 Å². The molecule has 0 aliphatic carbocycles. The third-order valence-corrected chi connectivity index (χ3v) is 2.74. The Morgan fingerprint density at radius 3 is 2.15 bits per heavy atom. The number of nitrogens with two attached hydrogens (primary N) is 2. The second kappa shape index (κ2) is 4.09. The molecule has 4 N–H and O–H groups in total. The molecular weight excluding hydrogens is 184 g/mol. The van der Waals surface area contributed by atoms with Gasteiger partial charge in [0, 0.05) is 17.6 Å². The predicted molar refractivity (Wildman–Crippen MR) is 56.9 cm³/mol. The molecule has 0 amide bonds. The summed E-state index contributed by atoms with van der Waals surface area (Å²) >= 11 is 6.03. The van der Waals surface area contributed by atoms with Crippen LogP contribution in [0.5, 0.6) is 0 Å². The lowest BCUT2D eigenvalue weighted by molar-refractivity contribution is 0.735. The van der Waals surface area contributed by atoms with Gasteiger partial charge in [-0.25, -0.2) is 0 Å². The molecule has 0 fully saturated rings. The van der Waals surface area contributed by atoms with Crippen LogP contribution in [0, 0.1) is 13.8 Å². The molecular formula is C10H15ClN2. The highest BCUT2D eigenvalue weighted by Crippen LogP contribution is 2.23. The molecule has 0 aromatic heterocycles. The highest BCUT2D eigenvalue weighted by Gasteiger charge is 2.07. The molecule has 0 radical (unpaired) electrons. The number of hydrogen-bond acceptors (Lipinski definition) is 2. The van der Waals surface area contributed by atoms with Gasteiger partial charge in [-0.3, -0.25) is 0 Å². The highest BCUT2D eigenvalue weighted by atomic mass is 35.5. The molecule has 0 saturated heterocycles. The molecule has 3 heteroatoms. The Morgan fingerprint density at radius 2 is 1.77 bits per heavy atom. The van der Waals surface area contributed by atoms with Crippen LogP contribution in [0.4, 0.5) is 0 Å². The van der Waals surface area contributed by atoms with Gasteiger partial charge in [0.15, 0.2) is 0 Å². The van der Waals surface area contributed by atoms with E-state index in [0.29, 0.717) is 6.54 Å². The van der Waals surface area contributed by atoms with Crippen LogP contribution in [0.15, 0.2) is 12.1 Å². The topological polar surface area (TPSA) is 52.0 Å². The molecule has 1 aromatic carbocycles. The third-order valence-electron chi connectivity index (χ3n) is 2.14. The lowest BCUT2D eigenvalue weighted by atomic mass is 10.0. The molecule has 2 nitrogen and oxygen atoms in total. The Labute approximate surface area is 83.9 Å². The molecule has 0 aliphatic heterocycles. The van der Waals surface area contributed by atoms with Crippen molar-refractivity contribution in [2.24, 2.45) is 11.5 Å². The van der Waals surface area contributed by atoms with Crippen molar-refractivity contribution in [3.8, 4) is 0 Å². The van der Waals surface area contributed by atoms with E-state index in [9.17, 15) is 0 Å². The van der Waals surface area contributed by atoms with Crippen LogP contribution in [0.1, 0.15) is 22.7 Å². The second-order valence-corrected chi connectivity index (χ2v) is 3.69. The molecule has 0 heterocycles. The highest BCUT2D eigenvalue weighted by molar-refractivity contribution is 6.32. The van der Waals surface area contributed by atoms with E-state index in [4.69, 9.17) is 23.1 Å². The summed E-state index contributed by atoms with van der Waals surface area (Å²) in [6.45, 7) is 4.41. The Hall–Kier alpha value is -0.570. The fourth-order valence-corrected chi connectivity index (χ4v) is 1.44. The van der Waals surface area contributed by atoms with Crippen molar-refractivity contribution in [2.75, 3.05) is 6.54 Å². The molecule has 1 unspecified atom stereocenters. The first-order valence-corrected chi connectivity index (χ1v) is 4.66. The number of benzene rings is 1. The van der Waals surface area contributed by atoms with Gasteiger partial charge in [0.2, 0.25) is 0 Å². The lowest BCUT2D eigenvalue weighted by Crippen LogP contribution is -2.20. The average Bonchev–Trinajstić information content (AvgIpc) is 2.12. The SMILES string of the molecule is Cc1cc(C(N)CN)cc(C)c1Cl. The maximum absolute atomic E-state index is 6.03. The Morgan fingerprint density at radius 1 is 1.31 bits per heavy atom. The number of halogens is 1. The van der Waals surface area contributed by atoms with Crippen LogP contribution in [-0.2, 0) is 0 Å². The summed E-state index contributed by atoms with van der Waals surface area (Å²) in [7, 11) is 0. The van der Waals surface area contributed by atoms with E-state index in [1.54, 1.807) is 0 Å². The first-order chi connectivity index (χ1) is 6.06. The van der Waals surface area contributed by atoms with Crippen molar-refractivity contribution in [3.05, 3.63) is 33.8 Å². The van der Waals surface area contributed by atoms with Gasteiger partial charge < -0.3 is 11.5 Å². The number of rotatable bonds is 2. The van der Waals surface area contributed by atoms with Gasteiger partial charge in [-0.15, -0.1) is 0 Å². The third kappa shape index (κ3) is 2.21. The smallest absolute Gasteiger partial charge is 0.0464 e. The fraction of sp³-hybridized carbons (Fsp3) is 0.400. The molecule has 1 aromatic rings. The molecule has 0 saturated carbocycles. The van der Waals surface area contributed by atoms with Gasteiger partial charge in [0.05, 0.1) is 0 Å². The minimum atomic E-state index is -0.0883. The molecule has 13 heavy (non-hydrogen) atoms. The summed E-state index contributed by atoms with van der Waals surface area (Å²) in [5, 5.41) is 0.813. The van der Waals surface area contributed by atoms with E-state index in [0.717, 1.165) is 21.7 Å². The monoisotopic (exact) mass is 198 g/mol.